The zero-order valence-corrected chi connectivity index (χ0v) is 25.8. The maximum absolute atomic E-state index is 13.7. The Hall–Kier alpha value is -1.83. The quantitative estimate of drug-likeness (QED) is 0.245. The van der Waals surface area contributed by atoms with Crippen molar-refractivity contribution >= 4 is 66.6 Å². The first-order chi connectivity index (χ1) is 18.3. The van der Waals surface area contributed by atoms with Gasteiger partial charge in [0.25, 0.3) is 5.91 Å². The van der Waals surface area contributed by atoms with E-state index in [1.165, 1.54) is 42.0 Å². The number of amides is 1. The summed E-state index contributed by atoms with van der Waals surface area (Å²) in [6, 6.07) is 11.6. The average molecular weight is 620 g/mol. The predicted octanol–water partition coefficient (Wildman–Crippen LogP) is 4.64. The Kier molecular flexibility index (Phi) is 13.5. The van der Waals surface area contributed by atoms with Crippen LogP contribution in [0.1, 0.15) is 24.2 Å². The van der Waals surface area contributed by atoms with Gasteiger partial charge < -0.3 is 14.4 Å². The van der Waals surface area contributed by atoms with Gasteiger partial charge in [-0.2, -0.15) is 4.31 Å². The van der Waals surface area contributed by atoms with Crippen molar-refractivity contribution in [2.24, 2.45) is 0 Å². The number of fused-ring (bicyclic) bond motifs is 1. The smallest absolute Gasteiger partial charge is 0.260 e. The van der Waals surface area contributed by atoms with Crippen molar-refractivity contribution in [3.8, 4) is 0 Å². The van der Waals surface area contributed by atoms with E-state index in [0.29, 0.717) is 34.3 Å². The van der Waals surface area contributed by atoms with Crippen molar-refractivity contribution in [1.82, 2.24) is 14.2 Å². The van der Waals surface area contributed by atoms with Crippen LogP contribution in [0.15, 0.2) is 47.4 Å². The Bertz CT molecular complexity index is 1290. The van der Waals surface area contributed by atoms with E-state index < -0.39 is 10.0 Å². The number of hydrogen-bond donors (Lipinski definition) is 0. The van der Waals surface area contributed by atoms with Gasteiger partial charge >= 0.3 is 0 Å². The van der Waals surface area contributed by atoms with Gasteiger partial charge in [-0.05, 0) is 49.5 Å². The minimum atomic E-state index is -3.79. The van der Waals surface area contributed by atoms with Crippen molar-refractivity contribution < 1.29 is 22.7 Å². The van der Waals surface area contributed by atoms with E-state index in [-0.39, 0.29) is 49.5 Å². The molecule has 0 unspecified atom stereocenters. The number of nitrogens with zero attached hydrogens (tertiary/aromatic N) is 4. The molecule has 3 aromatic rings. The molecule has 0 saturated carbocycles. The van der Waals surface area contributed by atoms with Gasteiger partial charge in [0.2, 0.25) is 10.0 Å². The number of methoxy groups -OCH3 is 2. The highest BCUT2D eigenvalue weighted by atomic mass is 35.5. The van der Waals surface area contributed by atoms with Crippen molar-refractivity contribution in [3.63, 3.8) is 0 Å². The second kappa shape index (κ2) is 15.8. The zero-order chi connectivity index (χ0) is 27.7. The topological polar surface area (TPSA) is 92.3 Å². The molecule has 1 aromatic heterocycles. The first kappa shape index (κ1) is 33.4. The van der Waals surface area contributed by atoms with Crippen molar-refractivity contribution in [1.29, 1.82) is 0 Å². The third-order valence-corrected chi connectivity index (χ3v) is 9.46. The molecule has 0 aliphatic rings. The summed E-state index contributed by atoms with van der Waals surface area (Å²) in [4.78, 5) is 22.4. The number of rotatable bonds is 15. The van der Waals surface area contributed by atoms with E-state index in [4.69, 9.17) is 21.1 Å². The molecule has 0 aliphatic carbocycles. The third-order valence-electron chi connectivity index (χ3n) is 6.20. The standard InChI is InChI=1S/C26H35ClN4O5S2.ClH/c1-5-29(6-2)14-15-31(26-28-24-22(27)8-7-9-23(24)37-26)25(32)20-10-12-21(13-11-20)38(33,34)30(16-18-35-3)17-19-36-4;/h7-13H,5-6,14-19H2,1-4H3;1H. The van der Waals surface area contributed by atoms with Crippen LogP contribution in [0.25, 0.3) is 10.2 Å². The molecule has 216 valence electrons. The summed E-state index contributed by atoms with van der Waals surface area (Å²) in [5.74, 6) is -0.257. The fourth-order valence-electron chi connectivity index (χ4n) is 3.90. The minimum absolute atomic E-state index is 0. The Labute approximate surface area is 246 Å². The number of ether oxygens (including phenoxy) is 2. The molecule has 0 aliphatic heterocycles. The molecule has 0 fully saturated rings. The van der Waals surface area contributed by atoms with E-state index in [0.717, 1.165) is 17.8 Å². The van der Waals surface area contributed by atoms with Gasteiger partial charge in [-0.1, -0.05) is 42.9 Å². The number of benzene rings is 2. The molecule has 0 bridgehead atoms. The lowest BCUT2D eigenvalue weighted by Gasteiger charge is -2.25. The molecule has 0 N–H and O–H groups in total. The first-order valence-corrected chi connectivity index (χ1v) is 15.1. The highest BCUT2D eigenvalue weighted by Crippen LogP contribution is 2.33. The molecule has 0 spiro atoms. The molecule has 2 aromatic carbocycles. The van der Waals surface area contributed by atoms with Crippen LogP contribution in [0, 0.1) is 0 Å². The summed E-state index contributed by atoms with van der Waals surface area (Å²) in [5.41, 5.74) is 1.03. The largest absolute Gasteiger partial charge is 0.383 e. The Morgan fingerprint density at radius 2 is 1.56 bits per heavy atom. The van der Waals surface area contributed by atoms with Gasteiger partial charge in [0.05, 0.1) is 27.8 Å². The van der Waals surface area contributed by atoms with Crippen LogP contribution in [0.5, 0.6) is 0 Å². The Morgan fingerprint density at radius 1 is 0.949 bits per heavy atom. The van der Waals surface area contributed by atoms with Crippen molar-refractivity contribution in [3.05, 3.63) is 53.1 Å². The highest BCUT2D eigenvalue weighted by Gasteiger charge is 2.26. The third kappa shape index (κ3) is 8.34. The Balaban J connectivity index is 0.00000533. The lowest BCUT2D eigenvalue weighted by Crippen LogP contribution is -2.39. The number of carbonyl (C=O) groups is 1. The predicted molar refractivity (Wildman–Crippen MR) is 160 cm³/mol. The summed E-state index contributed by atoms with van der Waals surface area (Å²) in [7, 11) is -0.752. The molecular formula is C26H36Cl2N4O5S2. The molecule has 9 nitrogen and oxygen atoms in total. The molecule has 1 amide bonds. The Morgan fingerprint density at radius 3 is 2.10 bits per heavy atom. The molecule has 0 radical (unpaired) electrons. The first-order valence-electron chi connectivity index (χ1n) is 12.4. The second-order valence-electron chi connectivity index (χ2n) is 8.48. The molecule has 0 atom stereocenters. The average Bonchev–Trinajstić information content (AvgIpc) is 3.36. The van der Waals surface area contributed by atoms with Gasteiger partial charge in [-0.25, -0.2) is 13.4 Å². The fraction of sp³-hybridized carbons (Fsp3) is 0.462. The minimum Gasteiger partial charge on any atom is -0.383 e. The monoisotopic (exact) mass is 618 g/mol. The maximum Gasteiger partial charge on any atom is 0.260 e. The summed E-state index contributed by atoms with van der Waals surface area (Å²) in [5, 5.41) is 1.08. The normalized spacial score (nSPS) is 11.8. The van der Waals surface area contributed by atoms with E-state index in [2.05, 4.69) is 23.7 Å². The number of aromatic nitrogens is 1. The fourth-order valence-corrected chi connectivity index (χ4v) is 6.59. The molecule has 1 heterocycles. The molecular weight excluding hydrogens is 583 g/mol. The molecule has 3 rings (SSSR count). The van der Waals surface area contributed by atoms with Crippen LogP contribution >= 0.6 is 35.3 Å². The van der Waals surface area contributed by atoms with E-state index in [1.54, 1.807) is 23.1 Å². The van der Waals surface area contributed by atoms with E-state index >= 15 is 0 Å². The number of halogens is 2. The lowest BCUT2D eigenvalue weighted by atomic mass is 10.2. The number of hydrogen-bond acceptors (Lipinski definition) is 8. The number of sulfonamides is 1. The lowest BCUT2D eigenvalue weighted by molar-refractivity contribution is 0.0983. The van der Waals surface area contributed by atoms with Gasteiger partial charge in [0.15, 0.2) is 5.13 Å². The molecule has 39 heavy (non-hydrogen) atoms. The van der Waals surface area contributed by atoms with Crippen LogP contribution in [0.3, 0.4) is 0 Å². The van der Waals surface area contributed by atoms with Gasteiger partial charge in [0.1, 0.15) is 5.52 Å². The zero-order valence-electron chi connectivity index (χ0n) is 22.6. The van der Waals surface area contributed by atoms with Crippen LogP contribution in [-0.4, -0.2) is 95.2 Å². The van der Waals surface area contributed by atoms with Gasteiger partial charge in [-0.15, -0.1) is 12.4 Å². The SMILES string of the molecule is CCN(CC)CCN(C(=O)c1ccc(S(=O)(=O)N(CCOC)CCOC)cc1)c1nc2c(Cl)cccc2s1.Cl. The van der Waals surface area contributed by atoms with Crippen LogP contribution < -0.4 is 4.90 Å². The number of para-hydroxylation sites is 1. The van der Waals surface area contributed by atoms with E-state index in [9.17, 15) is 13.2 Å². The van der Waals surface area contributed by atoms with Crippen LogP contribution in [-0.2, 0) is 19.5 Å². The van der Waals surface area contributed by atoms with Crippen molar-refractivity contribution in [2.45, 2.75) is 18.7 Å². The number of carbonyl (C=O) groups excluding carboxylic acids is 1. The van der Waals surface area contributed by atoms with Gasteiger partial charge in [-0.3, -0.25) is 9.69 Å². The van der Waals surface area contributed by atoms with E-state index in [1.807, 2.05) is 12.1 Å². The van der Waals surface area contributed by atoms with Crippen molar-refractivity contribution in [2.75, 3.05) is 71.6 Å². The number of anilines is 1. The molecule has 0 saturated heterocycles. The number of thiazole rings is 1. The summed E-state index contributed by atoms with van der Waals surface area (Å²) in [6.07, 6.45) is 0. The highest BCUT2D eigenvalue weighted by molar-refractivity contribution is 7.89. The maximum atomic E-state index is 13.7. The van der Waals surface area contributed by atoms with Crippen LogP contribution in [0.4, 0.5) is 5.13 Å². The molecule has 13 heteroatoms. The van der Waals surface area contributed by atoms with Gasteiger partial charge in [0, 0.05) is 46.0 Å². The number of likely N-dealkylation sites (N-methyl/N-ethyl adjacent to an activating group) is 1. The summed E-state index contributed by atoms with van der Waals surface area (Å²) >= 11 is 7.75. The van der Waals surface area contributed by atoms with Crippen LogP contribution in [0.2, 0.25) is 5.02 Å². The summed E-state index contributed by atoms with van der Waals surface area (Å²) < 4.78 is 38.9. The second-order valence-corrected chi connectivity index (χ2v) is 11.8. The summed E-state index contributed by atoms with van der Waals surface area (Å²) in [6.45, 7) is 7.88.